The van der Waals surface area contributed by atoms with Gasteiger partial charge in [0.25, 0.3) is 0 Å². The summed E-state index contributed by atoms with van der Waals surface area (Å²) in [4.78, 5) is 38.0. The maximum Gasteiger partial charge on any atom is 0.331 e. The standard InChI is InChI=1S/C30H44O6/c1-16(12-18(31)13-17(2)26(35)36)20-14-24(34)30(7)19-8-9-22-27(3,4)23(33)10-11-28(22,5)25(19)21(32)15-29(20,30)6/h13,16,18,20,22,24,31,34H,8-12,14-15H2,1-7H3,(H,35,36)/b17-13+/t16-,18?,20-,22+,24+,28+,29-,30-/m1/s1. The Hall–Kier alpha value is -1.79. The highest BCUT2D eigenvalue weighted by atomic mass is 16.4. The predicted octanol–water partition coefficient (Wildman–Crippen LogP) is 4.87. The fourth-order valence-corrected chi connectivity index (χ4v) is 9.22. The molecule has 200 valence electrons. The van der Waals surface area contributed by atoms with Crippen LogP contribution in [0.3, 0.4) is 0 Å². The second-order valence-corrected chi connectivity index (χ2v) is 13.5. The van der Waals surface area contributed by atoms with Gasteiger partial charge >= 0.3 is 5.97 Å². The first kappa shape index (κ1) is 27.3. The van der Waals surface area contributed by atoms with Crippen LogP contribution in [0.2, 0.25) is 0 Å². The molecule has 2 fully saturated rings. The van der Waals surface area contributed by atoms with Crippen molar-refractivity contribution >= 4 is 17.5 Å². The number of aliphatic carboxylic acids is 1. The molecule has 0 aliphatic heterocycles. The van der Waals surface area contributed by atoms with E-state index in [0.717, 1.165) is 24.0 Å². The highest BCUT2D eigenvalue weighted by Crippen LogP contribution is 2.71. The Bertz CT molecular complexity index is 1050. The molecular formula is C30H44O6. The van der Waals surface area contributed by atoms with Crippen molar-refractivity contribution < 1.29 is 29.7 Å². The summed E-state index contributed by atoms with van der Waals surface area (Å²) < 4.78 is 0. The van der Waals surface area contributed by atoms with Crippen molar-refractivity contribution in [1.82, 2.24) is 0 Å². The van der Waals surface area contributed by atoms with Crippen molar-refractivity contribution in [3.63, 3.8) is 0 Å². The SMILES string of the molecule is C/C(=C\C(O)C[C@@H](C)[C@H]1C[C@H](O)[C@@]2(C)C3=C(C(=O)C[C@]12C)[C@@]1(C)CCC(=O)C(C)(C)[C@@H]1CC3)C(=O)O. The Balaban J connectivity index is 1.72. The van der Waals surface area contributed by atoms with Crippen LogP contribution >= 0.6 is 0 Å². The average Bonchev–Trinajstić information content (AvgIpc) is 2.97. The van der Waals surface area contributed by atoms with Crippen LogP contribution in [0.1, 0.15) is 93.4 Å². The summed E-state index contributed by atoms with van der Waals surface area (Å²) in [7, 11) is 0. The Morgan fingerprint density at radius 3 is 2.39 bits per heavy atom. The number of aliphatic hydroxyl groups is 2. The van der Waals surface area contributed by atoms with Gasteiger partial charge in [-0.3, -0.25) is 9.59 Å². The first-order chi connectivity index (χ1) is 16.5. The Morgan fingerprint density at radius 2 is 1.78 bits per heavy atom. The number of Topliss-reactive ketones (excluding diaryl/α,β-unsaturated/α-hetero) is 2. The van der Waals surface area contributed by atoms with E-state index < -0.39 is 34.4 Å². The minimum atomic E-state index is -1.05. The number of allylic oxidation sites excluding steroid dienone is 1. The monoisotopic (exact) mass is 500 g/mol. The highest BCUT2D eigenvalue weighted by Gasteiger charge is 2.68. The summed E-state index contributed by atoms with van der Waals surface area (Å²) in [6, 6.07) is 0. The van der Waals surface area contributed by atoms with E-state index in [9.17, 15) is 24.6 Å². The van der Waals surface area contributed by atoms with E-state index in [0.29, 0.717) is 32.1 Å². The number of ketones is 2. The number of carbonyl (C=O) groups is 3. The van der Waals surface area contributed by atoms with Gasteiger partial charge in [0.2, 0.25) is 0 Å². The third-order valence-electron chi connectivity index (χ3n) is 11.4. The van der Waals surface area contributed by atoms with Crippen LogP contribution in [-0.2, 0) is 14.4 Å². The molecule has 0 amide bonds. The van der Waals surface area contributed by atoms with Crippen molar-refractivity contribution in [2.75, 3.05) is 0 Å². The van der Waals surface area contributed by atoms with Crippen LogP contribution in [0.4, 0.5) is 0 Å². The molecule has 1 unspecified atom stereocenters. The maximum absolute atomic E-state index is 14.0. The third-order valence-corrected chi connectivity index (χ3v) is 11.4. The molecule has 4 aliphatic carbocycles. The molecule has 4 aliphatic rings. The number of fused-ring (bicyclic) bond motifs is 4. The minimum Gasteiger partial charge on any atom is -0.478 e. The largest absolute Gasteiger partial charge is 0.478 e. The van der Waals surface area contributed by atoms with Gasteiger partial charge in [0, 0.05) is 40.2 Å². The number of hydrogen-bond donors (Lipinski definition) is 3. The van der Waals surface area contributed by atoms with E-state index in [2.05, 4.69) is 20.8 Å². The molecule has 0 saturated heterocycles. The van der Waals surface area contributed by atoms with Gasteiger partial charge < -0.3 is 15.3 Å². The molecule has 2 saturated carbocycles. The van der Waals surface area contributed by atoms with Crippen LogP contribution in [-0.4, -0.2) is 45.1 Å². The molecule has 36 heavy (non-hydrogen) atoms. The van der Waals surface area contributed by atoms with Gasteiger partial charge in [0.1, 0.15) is 5.78 Å². The Morgan fingerprint density at radius 1 is 1.14 bits per heavy atom. The zero-order chi connectivity index (χ0) is 27.0. The molecule has 4 rings (SSSR count). The molecule has 0 aromatic heterocycles. The smallest absolute Gasteiger partial charge is 0.331 e. The second kappa shape index (κ2) is 8.62. The summed E-state index contributed by atoms with van der Waals surface area (Å²) >= 11 is 0. The molecule has 0 bridgehead atoms. The van der Waals surface area contributed by atoms with Gasteiger partial charge in [0.15, 0.2) is 5.78 Å². The van der Waals surface area contributed by atoms with E-state index in [1.165, 1.54) is 13.0 Å². The summed E-state index contributed by atoms with van der Waals surface area (Å²) in [5.74, 6) is -0.475. The molecule has 6 heteroatoms. The van der Waals surface area contributed by atoms with E-state index >= 15 is 0 Å². The van der Waals surface area contributed by atoms with Gasteiger partial charge in [-0.15, -0.1) is 0 Å². The topological polar surface area (TPSA) is 112 Å². The lowest BCUT2D eigenvalue weighted by atomic mass is 9.43. The number of rotatable bonds is 5. The molecule has 3 N–H and O–H groups in total. The predicted molar refractivity (Wildman–Crippen MR) is 137 cm³/mol. The number of aliphatic hydroxyl groups excluding tert-OH is 2. The van der Waals surface area contributed by atoms with Gasteiger partial charge in [-0.1, -0.05) is 47.1 Å². The summed E-state index contributed by atoms with van der Waals surface area (Å²) in [5.41, 5.74) is 0.282. The lowest BCUT2D eigenvalue weighted by molar-refractivity contribution is -0.143. The Kier molecular flexibility index (Phi) is 6.53. The number of carboxylic acids is 1. The molecule has 0 spiro atoms. The van der Waals surface area contributed by atoms with Crippen molar-refractivity contribution in [2.24, 2.45) is 39.4 Å². The molecule has 6 nitrogen and oxygen atoms in total. The zero-order valence-electron chi connectivity index (χ0n) is 23.0. The fourth-order valence-electron chi connectivity index (χ4n) is 9.22. The summed E-state index contributed by atoms with van der Waals surface area (Å²) in [5, 5.41) is 31.4. The number of carbonyl (C=O) groups excluding carboxylic acids is 2. The van der Waals surface area contributed by atoms with E-state index in [1.54, 1.807) is 0 Å². The van der Waals surface area contributed by atoms with Crippen LogP contribution in [0.5, 0.6) is 0 Å². The minimum absolute atomic E-state index is 0.00701. The fraction of sp³-hybridized carbons (Fsp3) is 0.767. The number of hydrogen-bond acceptors (Lipinski definition) is 5. The van der Waals surface area contributed by atoms with E-state index in [-0.39, 0.29) is 40.3 Å². The van der Waals surface area contributed by atoms with Crippen molar-refractivity contribution in [1.29, 1.82) is 0 Å². The molecule has 0 aromatic rings. The lowest BCUT2D eigenvalue weighted by Gasteiger charge is -2.60. The first-order valence-electron chi connectivity index (χ1n) is 13.6. The van der Waals surface area contributed by atoms with E-state index in [1.807, 2.05) is 20.8 Å². The second-order valence-electron chi connectivity index (χ2n) is 13.5. The Labute approximate surface area is 215 Å². The quantitative estimate of drug-likeness (QED) is 0.464. The normalized spacial score (nSPS) is 41.9. The van der Waals surface area contributed by atoms with Crippen molar-refractivity contribution in [3.8, 4) is 0 Å². The van der Waals surface area contributed by atoms with Crippen molar-refractivity contribution in [3.05, 3.63) is 22.8 Å². The maximum atomic E-state index is 14.0. The third kappa shape index (κ3) is 3.61. The molecule has 0 heterocycles. The summed E-state index contributed by atoms with van der Waals surface area (Å²) in [6.45, 7) is 14.0. The van der Waals surface area contributed by atoms with Gasteiger partial charge in [-0.2, -0.15) is 0 Å². The lowest BCUT2D eigenvalue weighted by Crippen LogP contribution is -2.57. The van der Waals surface area contributed by atoms with Gasteiger partial charge in [-0.05, 0) is 68.3 Å². The van der Waals surface area contributed by atoms with E-state index in [4.69, 9.17) is 5.11 Å². The first-order valence-corrected chi connectivity index (χ1v) is 13.6. The van der Waals surface area contributed by atoms with Gasteiger partial charge in [0.05, 0.1) is 12.2 Å². The van der Waals surface area contributed by atoms with Crippen molar-refractivity contribution in [2.45, 2.75) is 106 Å². The number of carboxylic acid groups (broad SMARTS) is 1. The molecule has 8 atom stereocenters. The average molecular weight is 501 g/mol. The zero-order valence-corrected chi connectivity index (χ0v) is 23.0. The van der Waals surface area contributed by atoms with Gasteiger partial charge in [-0.25, -0.2) is 4.79 Å². The van der Waals surface area contributed by atoms with Crippen LogP contribution < -0.4 is 0 Å². The molecule has 0 radical (unpaired) electrons. The van der Waals surface area contributed by atoms with Crippen LogP contribution in [0, 0.1) is 39.4 Å². The highest BCUT2D eigenvalue weighted by molar-refractivity contribution is 6.00. The van der Waals surface area contributed by atoms with Crippen LogP contribution in [0.15, 0.2) is 22.8 Å². The summed E-state index contributed by atoms with van der Waals surface area (Å²) in [6.07, 6.45) is 3.92. The molecule has 0 aromatic carbocycles. The molecular weight excluding hydrogens is 456 g/mol. The van der Waals surface area contributed by atoms with Crippen LogP contribution in [0.25, 0.3) is 0 Å².